The SMILES string of the molecule is CN(C(=O)CCc1c(-c2ccc(F)cc2)[nH]c2ccccc12)C1CCS(=O)(=O)C1. The Morgan fingerprint density at radius 2 is 1.90 bits per heavy atom. The summed E-state index contributed by atoms with van der Waals surface area (Å²) in [6.45, 7) is 0. The average Bonchev–Trinajstić information content (AvgIpc) is 3.26. The van der Waals surface area contributed by atoms with E-state index in [-0.39, 0.29) is 35.7 Å². The molecule has 1 aliphatic heterocycles. The number of carbonyl (C=O) groups excluding carboxylic acids is 1. The third kappa shape index (κ3) is 4.05. The maximum absolute atomic E-state index is 13.3. The molecule has 3 aromatic rings. The Morgan fingerprint density at radius 1 is 1.17 bits per heavy atom. The largest absolute Gasteiger partial charge is 0.354 e. The molecule has 2 heterocycles. The van der Waals surface area contributed by atoms with Gasteiger partial charge in [-0.25, -0.2) is 12.8 Å². The highest BCUT2D eigenvalue weighted by atomic mass is 32.2. The summed E-state index contributed by atoms with van der Waals surface area (Å²) < 4.78 is 36.8. The van der Waals surface area contributed by atoms with Crippen molar-refractivity contribution in [2.75, 3.05) is 18.6 Å². The van der Waals surface area contributed by atoms with E-state index in [1.807, 2.05) is 24.3 Å². The Bertz CT molecular complexity index is 1150. The molecule has 0 bridgehead atoms. The number of para-hydroxylation sites is 1. The van der Waals surface area contributed by atoms with Gasteiger partial charge in [-0.3, -0.25) is 4.79 Å². The number of aromatic amines is 1. The van der Waals surface area contributed by atoms with Crippen LogP contribution in [0.1, 0.15) is 18.4 Å². The quantitative estimate of drug-likeness (QED) is 0.694. The lowest BCUT2D eigenvalue weighted by Gasteiger charge is -2.23. The average molecular weight is 415 g/mol. The van der Waals surface area contributed by atoms with E-state index in [0.29, 0.717) is 12.8 Å². The number of H-pyrrole nitrogens is 1. The van der Waals surface area contributed by atoms with Gasteiger partial charge in [0.2, 0.25) is 5.91 Å². The van der Waals surface area contributed by atoms with Gasteiger partial charge < -0.3 is 9.88 Å². The summed E-state index contributed by atoms with van der Waals surface area (Å²) in [5.74, 6) is -0.174. The van der Waals surface area contributed by atoms with Gasteiger partial charge in [0, 0.05) is 36.1 Å². The molecule has 1 fully saturated rings. The van der Waals surface area contributed by atoms with E-state index in [9.17, 15) is 17.6 Å². The minimum absolute atomic E-state index is 0.0448. The molecule has 29 heavy (non-hydrogen) atoms. The van der Waals surface area contributed by atoms with Gasteiger partial charge in [-0.05, 0) is 54.3 Å². The van der Waals surface area contributed by atoms with Crippen molar-refractivity contribution in [3.05, 3.63) is 59.9 Å². The van der Waals surface area contributed by atoms with E-state index < -0.39 is 9.84 Å². The van der Waals surface area contributed by atoms with Crippen LogP contribution in [0.4, 0.5) is 4.39 Å². The van der Waals surface area contributed by atoms with Crippen LogP contribution in [0.5, 0.6) is 0 Å². The number of hydrogen-bond acceptors (Lipinski definition) is 3. The number of hydrogen-bond donors (Lipinski definition) is 1. The number of halogens is 1. The Balaban J connectivity index is 1.58. The highest BCUT2D eigenvalue weighted by Gasteiger charge is 2.32. The Kier molecular flexibility index (Phi) is 5.17. The summed E-state index contributed by atoms with van der Waals surface area (Å²) in [5.41, 5.74) is 3.71. The van der Waals surface area contributed by atoms with Crippen LogP contribution in [-0.2, 0) is 21.1 Å². The fraction of sp³-hybridized carbons (Fsp3) is 0.318. The van der Waals surface area contributed by atoms with Gasteiger partial charge in [-0.1, -0.05) is 18.2 Å². The summed E-state index contributed by atoms with van der Waals surface area (Å²) in [6, 6.07) is 13.9. The van der Waals surface area contributed by atoms with Crippen molar-refractivity contribution < 1.29 is 17.6 Å². The Morgan fingerprint density at radius 3 is 2.59 bits per heavy atom. The molecule has 1 aliphatic rings. The minimum atomic E-state index is -3.04. The van der Waals surface area contributed by atoms with Crippen molar-refractivity contribution in [2.45, 2.75) is 25.3 Å². The van der Waals surface area contributed by atoms with Crippen molar-refractivity contribution in [3.8, 4) is 11.3 Å². The monoisotopic (exact) mass is 414 g/mol. The number of sulfone groups is 1. The van der Waals surface area contributed by atoms with Gasteiger partial charge >= 0.3 is 0 Å². The number of nitrogens with one attached hydrogen (secondary N) is 1. The first-order valence-corrected chi connectivity index (χ1v) is 11.5. The molecule has 152 valence electrons. The van der Waals surface area contributed by atoms with Gasteiger partial charge in [0.05, 0.1) is 11.5 Å². The van der Waals surface area contributed by atoms with Crippen LogP contribution >= 0.6 is 0 Å². The molecular weight excluding hydrogens is 391 g/mol. The molecule has 1 atom stereocenters. The highest BCUT2D eigenvalue weighted by molar-refractivity contribution is 7.91. The molecule has 1 amide bonds. The number of aromatic nitrogens is 1. The van der Waals surface area contributed by atoms with Crippen LogP contribution < -0.4 is 0 Å². The standard InChI is InChI=1S/C22H23FN2O3S/c1-25(17-12-13-29(27,28)14-17)21(26)11-10-19-18-4-2-3-5-20(18)24-22(19)15-6-8-16(23)9-7-15/h2-9,17,24H,10-14H2,1H3. The summed E-state index contributed by atoms with van der Waals surface area (Å²) in [5, 5.41) is 1.03. The molecule has 1 unspecified atom stereocenters. The van der Waals surface area contributed by atoms with Crippen LogP contribution in [0.3, 0.4) is 0 Å². The van der Waals surface area contributed by atoms with Crippen LogP contribution in [-0.4, -0.2) is 48.8 Å². The maximum Gasteiger partial charge on any atom is 0.222 e. The van der Waals surface area contributed by atoms with Gasteiger partial charge in [0.1, 0.15) is 5.82 Å². The molecule has 0 spiro atoms. The number of nitrogens with zero attached hydrogens (tertiary/aromatic N) is 1. The van der Waals surface area contributed by atoms with Crippen LogP contribution in [0, 0.1) is 5.82 Å². The van der Waals surface area contributed by atoms with Crippen LogP contribution in [0.2, 0.25) is 0 Å². The Labute approximate surface area is 169 Å². The maximum atomic E-state index is 13.3. The molecule has 0 radical (unpaired) electrons. The van der Waals surface area contributed by atoms with Crippen molar-refractivity contribution in [2.24, 2.45) is 0 Å². The molecule has 1 aromatic heterocycles. The molecule has 0 aliphatic carbocycles. The van der Waals surface area contributed by atoms with E-state index in [0.717, 1.165) is 27.7 Å². The predicted molar refractivity (Wildman–Crippen MR) is 112 cm³/mol. The van der Waals surface area contributed by atoms with Gasteiger partial charge in [-0.2, -0.15) is 0 Å². The second-order valence-electron chi connectivity index (χ2n) is 7.59. The summed E-state index contributed by atoms with van der Waals surface area (Å²) in [4.78, 5) is 17.7. The number of fused-ring (bicyclic) bond motifs is 1. The molecule has 1 N–H and O–H groups in total. The summed E-state index contributed by atoms with van der Waals surface area (Å²) in [6.07, 6.45) is 1.29. The predicted octanol–water partition coefficient (Wildman–Crippen LogP) is 3.55. The zero-order chi connectivity index (χ0) is 20.6. The van der Waals surface area contributed by atoms with Crippen molar-refractivity contribution in [1.82, 2.24) is 9.88 Å². The topological polar surface area (TPSA) is 70.2 Å². The number of amides is 1. The normalized spacial score (nSPS) is 18.2. The molecule has 2 aromatic carbocycles. The van der Waals surface area contributed by atoms with Crippen molar-refractivity contribution >= 4 is 26.6 Å². The van der Waals surface area contributed by atoms with Gasteiger partial charge in [0.25, 0.3) is 0 Å². The molecular formula is C22H23FN2O3S. The molecule has 4 rings (SSSR count). The van der Waals surface area contributed by atoms with Crippen molar-refractivity contribution in [3.63, 3.8) is 0 Å². The lowest BCUT2D eigenvalue weighted by molar-refractivity contribution is -0.131. The van der Waals surface area contributed by atoms with E-state index in [2.05, 4.69) is 4.98 Å². The zero-order valence-corrected chi connectivity index (χ0v) is 17.0. The van der Waals surface area contributed by atoms with Gasteiger partial charge in [-0.15, -0.1) is 0 Å². The summed E-state index contributed by atoms with van der Waals surface area (Å²) >= 11 is 0. The smallest absolute Gasteiger partial charge is 0.222 e. The van der Waals surface area contributed by atoms with E-state index in [1.54, 1.807) is 24.1 Å². The lowest BCUT2D eigenvalue weighted by Crippen LogP contribution is -2.37. The first-order chi connectivity index (χ1) is 13.8. The van der Waals surface area contributed by atoms with Crippen LogP contribution in [0.15, 0.2) is 48.5 Å². The highest BCUT2D eigenvalue weighted by Crippen LogP contribution is 2.31. The zero-order valence-electron chi connectivity index (χ0n) is 16.2. The van der Waals surface area contributed by atoms with E-state index >= 15 is 0 Å². The van der Waals surface area contributed by atoms with E-state index in [4.69, 9.17) is 0 Å². The van der Waals surface area contributed by atoms with Gasteiger partial charge in [0.15, 0.2) is 9.84 Å². The third-order valence-corrected chi connectivity index (χ3v) is 7.44. The first-order valence-electron chi connectivity index (χ1n) is 9.66. The van der Waals surface area contributed by atoms with E-state index in [1.165, 1.54) is 12.1 Å². The molecule has 7 heteroatoms. The van der Waals surface area contributed by atoms with Crippen molar-refractivity contribution in [1.29, 1.82) is 0 Å². The minimum Gasteiger partial charge on any atom is -0.354 e. The molecule has 0 saturated carbocycles. The number of benzene rings is 2. The second-order valence-corrected chi connectivity index (χ2v) is 9.82. The second kappa shape index (κ2) is 7.63. The fourth-order valence-corrected chi connectivity index (χ4v) is 5.79. The number of rotatable bonds is 5. The lowest BCUT2D eigenvalue weighted by atomic mass is 10.0. The molecule has 1 saturated heterocycles. The first kappa shape index (κ1) is 19.6. The number of aryl methyl sites for hydroxylation is 1. The fourth-order valence-electron chi connectivity index (χ4n) is 4.02. The summed E-state index contributed by atoms with van der Waals surface area (Å²) in [7, 11) is -1.35. The van der Waals surface area contributed by atoms with Crippen LogP contribution in [0.25, 0.3) is 22.2 Å². The Hall–Kier alpha value is -2.67. The third-order valence-electron chi connectivity index (χ3n) is 5.68. The molecule has 5 nitrogen and oxygen atoms in total. The number of carbonyl (C=O) groups is 1.